The van der Waals surface area contributed by atoms with Crippen molar-refractivity contribution in [3.63, 3.8) is 0 Å². The van der Waals surface area contributed by atoms with Crippen molar-refractivity contribution in [3.8, 4) is 33.5 Å². The third-order valence-electron chi connectivity index (χ3n) is 7.89. The number of nitrogens with zero attached hydrogens (tertiary/aromatic N) is 1. The molecule has 1 heterocycles. The molecule has 0 fully saturated rings. The molecule has 6 aromatic carbocycles. The summed E-state index contributed by atoms with van der Waals surface area (Å²) in [7, 11) is 0. The van der Waals surface area contributed by atoms with Gasteiger partial charge in [-0.25, -0.2) is 4.39 Å². The molecule has 0 saturated carbocycles. The van der Waals surface area contributed by atoms with E-state index in [2.05, 4.69) is 92.5 Å². The number of hydrogen-bond acceptors (Lipinski definition) is 1. The van der Waals surface area contributed by atoms with E-state index in [1.54, 1.807) is 12.1 Å². The molecule has 1 aromatic heterocycles. The molecular weight excluding hydrogens is 477 g/mol. The van der Waals surface area contributed by atoms with Gasteiger partial charge < -0.3 is 0 Å². The van der Waals surface area contributed by atoms with E-state index in [-0.39, 0.29) is 11.2 Å². The average Bonchev–Trinajstić information content (AvgIpc) is 2.96. The van der Waals surface area contributed by atoms with Gasteiger partial charge in [0.05, 0.1) is 5.69 Å². The molecule has 0 N–H and O–H groups in total. The average molecular weight is 506 g/mol. The highest BCUT2D eigenvalue weighted by Crippen LogP contribution is 2.45. The predicted molar refractivity (Wildman–Crippen MR) is 163 cm³/mol. The summed E-state index contributed by atoms with van der Waals surface area (Å²) < 4.78 is 13.9. The Kier molecular flexibility index (Phi) is 5.28. The zero-order chi connectivity index (χ0) is 26.7. The minimum Gasteiger partial charge on any atom is -0.256 e. The van der Waals surface area contributed by atoms with Crippen LogP contribution in [0.5, 0.6) is 0 Å². The quantitative estimate of drug-likeness (QED) is 0.218. The molecule has 188 valence electrons. The van der Waals surface area contributed by atoms with Gasteiger partial charge >= 0.3 is 0 Å². The number of pyridine rings is 1. The Morgan fingerprint density at radius 2 is 1.13 bits per heavy atom. The SMILES string of the molecule is CC(C)(C)c1cc2ccc3c(-c4ccc(F)cc4)cc(-c4ccc(-c5ccccn5)cc4)c4ccc(c1)c2c34. The third kappa shape index (κ3) is 3.95. The largest absolute Gasteiger partial charge is 0.256 e. The maximum Gasteiger partial charge on any atom is 0.123 e. The second kappa shape index (κ2) is 8.74. The molecule has 0 aliphatic heterocycles. The molecule has 1 nitrogen and oxygen atoms in total. The van der Waals surface area contributed by atoms with E-state index >= 15 is 0 Å². The molecule has 0 saturated heterocycles. The van der Waals surface area contributed by atoms with Crippen molar-refractivity contribution < 1.29 is 4.39 Å². The molecular formula is C37H28FN. The number of benzene rings is 6. The minimum atomic E-state index is -0.225. The number of hydrogen-bond donors (Lipinski definition) is 0. The molecule has 0 aliphatic carbocycles. The lowest BCUT2D eigenvalue weighted by Gasteiger charge is -2.23. The first-order valence-electron chi connectivity index (χ1n) is 13.4. The van der Waals surface area contributed by atoms with Crippen LogP contribution in [0.2, 0.25) is 0 Å². The Bertz CT molecular complexity index is 1940. The summed E-state index contributed by atoms with van der Waals surface area (Å²) in [5.41, 5.74) is 7.88. The minimum absolute atomic E-state index is 0.0598. The van der Waals surface area contributed by atoms with Crippen molar-refractivity contribution in [1.29, 1.82) is 0 Å². The van der Waals surface area contributed by atoms with Crippen LogP contribution in [0.4, 0.5) is 4.39 Å². The van der Waals surface area contributed by atoms with Crippen LogP contribution >= 0.6 is 0 Å². The smallest absolute Gasteiger partial charge is 0.123 e. The van der Waals surface area contributed by atoms with Crippen molar-refractivity contribution in [2.75, 3.05) is 0 Å². The van der Waals surface area contributed by atoms with Crippen LogP contribution in [-0.4, -0.2) is 4.98 Å². The number of rotatable bonds is 3. The molecule has 0 atom stereocenters. The lowest BCUT2D eigenvalue weighted by atomic mass is 9.81. The van der Waals surface area contributed by atoms with Gasteiger partial charge in [0.15, 0.2) is 0 Å². The second-order valence-corrected chi connectivity index (χ2v) is 11.4. The van der Waals surface area contributed by atoms with Gasteiger partial charge in [-0.1, -0.05) is 99.6 Å². The van der Waals surface area contributed by atoms with Crippen LogP contribution in [0.25, 0.3) is 65.8 Å². The van der Waals surface area contributed by atoms with Gasteiger partial charge in [0.2, 0.25) is 0 Å². The number of aromatic nitrogens is 1. The fourth-order valence-electron chi connectivity index (χ4n) is 5.81. The van der Waals surface area contributed by atoms with E-state index in [0.717, 1.165) is 27.9 Å². The Hall–Kier alpha value is -4.56. The van der Waals surface area contributed by atoms with Gasteiger partial charge in [-0.15, -0.1) is 0 Å². The van der Waals surface area contributed by atoms with E-state index in [9.17, 15) is 4.39 Å². The van der Waals surface area contributed by atoms with Crippen LogP contribution in [-0.2, 0) is 5.41 Å². The second-order valence-electron chi connectivity index (χ2n) is 11.4. The van der Waals surface area contributed by atoms with Gasteiger partial charge in [-0.2, -0.15) is 0 Å². The van der Waals surface area contributed by atoms with Crippen molar-refractivity contribution >= 4 is 32.3 Å². The van der Waals surface area contributed by atoms with Gasteiger partial charge in [-0.3, -0.25) is 4.98 Å². The summed E-state index contributed by atoms with van der Waals surface area (Å²) in [6.45, 7) is 6.79. The summed E-state index contributed by atoms with van der Waals surface area (Å²) in [4.78, 5) is 4.51. The van der Waals surface area contributed by atoms with Crippen LogP contribution < -0.4 is 0 Å². The lowest BCUT2D eigenvalue weighted by molar-refractivity contribution is 0.591. The van der Waals surface area contributed by atoms with Crippen LogP contribution in [0.3, 0.4) is 0 Å². The van der Waals surface area contributed by atoms with Gasteiger partial charge in [0.1, 0.15) is 5.82 Å². The molecule has 0 unspecified atom stereocenters. The molecule has 7 rings (SSSR count). The fourth-order valence-corrected chi connectivity index (χ4v) is 5.81. The molecule has 2 heteroatoms. The highest BCUT2D eigenvalue weighted by atomic mass is 19.1. The standard InChI is InChI=1S/C37H28FN/c1-37(2,3)28-20-26-13-17-30-32(23-7-9-25(10-8-23)34-6-4-5-19-39-34)22-33(24-11-15-29(38)16-12-24)31-18-14-27(21-28)35(26)36(30)31/h4-22H,1-3H3. The van der Waals surface area contributed by atoms with Gasteiger partial charge in [0.25, 0.3) is 0 Å². The summed E-state index contributed by atoms with van der Waals surface area (Å²) in [6.07, 6.45) is 1.82. The highest BCUT2D eigenvalue weighted by Gasteiger charge is 2.20. The van der Waals surface area contributed by atoms with Crippen molar-refractivity contribution in [1.82, 2.24) is 4.98 Å². The van der Waals surface area contributed by atoms with E-state index in [1.807, 2.05) is 36.5 Å². The molecule has 0 aliphatic rings. The van der Waals surface area contributed by atoms with Crippen LogP contribution in [0.1, 0.15) is 26.3 Å². The highest BCUT2D eigenvalue weighted by molar-refractivity contribution is 6.28. The first kappa shape index (κ1) is 23.5. The summed E-state index contributed by atoms with van der Waals surface area (Å²) in [5, 5.41) is 7.46. The van der Waals surface area contributed by atoms with Crippen LogP contribution in [0, 0.1) is 5.82 Å². The molecule has 0 amide bonds. The maximum atomic E-state index is 13.9. The lowest BCUT2D eigenvalue weighted by Crippen LogP contribution is -2.10. The van der Waals surface area contributed by atoms with E-state index in [0.29, 0.717) is 0 Å². The fraction of sp³-hybridized carbons (Fsp3) is 0.108. The Labute approximate surface area is 227 Å². The van der Waals surface area contributed by atoms with Gasteiger partial charge in [0, 0.05) is 11.8 Å². The predicted octanol–water partition coefficient (Wildman–Crippen LogP) is 10.4. The zero-order valence-electron chi connectivity index (χ0n) is 22.3. The summed E-state index contributed by atoms with van der Waals surface area (Å²) in [6, 6.07) is 37.5. The van der Waals surface area contributed by atoms with Crippen molar-refractivity contribution in [2.45, 2.75) is 26.2 Å². The number of halogens is 1. The summed E-state index contributed by atoms with van der Waals surface area (Å²) >= 11 is 0. The van der Waals surface area contributed by atoms with E-state index < -0.39 is 0 Å². The Morgan fingerprint density at radius 3 is 1.67 bits per heavy atom. The molecule has 0 bridgehead atoms. The van der Waals surface area contributed by atoms with Crippen molar-refractivity contribution in [3.05, 3.63) is 127 Å². The van der Waals surface area contributed by atoms with E-state index in [4.69, 9.17) is 0 Å². The topological polar surface area (TPSA) is 12.9 Å². The normalized spacial score (nSPS) is 12.1. The van der Waals surface area contributed by atoms with E-state index in [1.165, 1.54) is 43.4 Å². The van der Waals surface area contributed by atoms with Crippen molar-refractivity contribution in [2.24, 2.45) is 0 Å². The molecule has 7 aromatic rings. The Morgan fingerprint density at radius 1 is 0.564 bits per heavy atom. The molecule has 0 spiro atoms. The Balaban J connectivity index is 1.53. The first-order valence-corrected chi connectivity index (χ1v) is 13.4. The third-order valence-corrected chi connectivity index (χ3v) is 7.89. The monoisotopic (exact) mass is 505 g/mol. The van der Waals surface area contributed by atoms with Crippen LogP contribution in [0.15, 0.2) is 115 Å². The maximum absolute atomic E-state index is 13.9. The van der Waals surface area contributed by atoms with Gasteiger partial charge in [-0.05, 0) is 95.9 Å². The molecule has 39 heavy (non-hydrogen) atoms. The first-order chi connectivity index (χ1) is 18.9. The molecule has 0 radical (unpaired) electrons. The zero-order valence-corrected chi connectivity index (χ0v) is 22.3. The summed E-state index contributed by atoms with van der Waals surface area (Å²) in [5.74, 6) is -0.225.